The number of carbonyl (C=O) groups is 2. The number of nitrogens with two attached hydrogens (primary N) is 1. The molecule has 0 spiro atoms. The van der Waals surface area contributed by atoms with Crippen LogP contribution in [0.2, 0.25) is 0 Å². The number of imide groups is 1. The Morgan fingerprint density at radius 1 is 1.36 bits per heavy atom. The van der Waals surface area contributed by atoms with Crippen LogP contribution in [0.1, 0.15) is 25.3 Å². The Bertz CT molecular complexity index is 536. The molecule has 1 aliphatic rings. The van der Waals surface area contributed by atoms with E-state index in [0.29, 0.717) is 6.54 Å². The van der Waals surface area contributed by atoms with Crippen molar-refractivity contribution in [1.82, 2.24) is 10.6 Å². The molecule has 0 saturated carbocycles. The molecule has 22 heavy (non-hydrogen) atoms. The van der Waals surface area contributed by atoms with Gasteiger partial charge in [-0.2, -0.15) is 0 Å². The van der Waals surface area contributed by atoms with Gasteiger partial charge in [0.2, 0.25) is 5.91 Å². The van der Waals surface area contributed by atoms with Gasteiger partial charge in [0, 0.05) is 24.5 Å². The van der Waals surface area contributed by atoms with Gasteiger partial charge in [0.15, 0.2) is 0 Å². The second-order valence-electron chi connectivity index (χ2n) is 5.17. The summed E-state index contributed by atoms with van der Waals surface area (Å²) in [6, 6.07) is 5.29. The summed E-state index contributed by atoms with van der Waals surface area (Å²) >= 11 is 0. The molecule has 1 heterocycles. The first-order valence-electron chi connectivity index (χ1n) is 7.31. The second-order valence-corrected chi connectivity index (χ2v) is 5.17. The second kappa shape index (κ2) is 8.48. The van der Waals surface area contributed by atoms with E-state index in [1.807, 2.05) is 30.0 Å². The normalized spacial score (nSPS) is 12.9. The number of hydrogen-bond donors (Lipinski definition) is 3. The third kappa shape index (κ3) is 4.53. The van der Waals surface area contributed by atoms with Crippen LogP contribution >= 0.6 is 12.4 Å². The smallest absolute Gasteiger partial charge is 0.321 e. The van der Waals surface area contributed by atoms with Crippen molar-refractivity contribution < 1.29 is 9.59 Å². The van der Waals surface area contributed by atoms with Crippen LogP contribution in [0.15, 0.2) is 18.2 Å². The molecule has 7 heteroatoms. The number of nitrogens with zero attached hydrogens (tertiary/aromatic N) is 1. The molecule has 0 fully saturated rings. The van der Waals surface area contributed by atoms with E-state index in [1.165, 1.54) is 0 Å². The molecule has 1 aromatic carbocycles. The van der Waals surface area contributed by atoms with Gasteiger partial charge in [-0.1, -0.05) is 13.0 Å². The largest absolute Gasteiger partial charge is 0.398 e. The monoisotopic (exact) mass is 326 g/mol. The van der Waals surface area contributed by atoms with Crippen LogP contribution in [0, 0.1) is 0 Å². The van der Waals surface area contributed by atoms with Crippen LogP contribution in [0.4, 0.5) is 16.2 Å². The van der Waals surface area contributed by atoms with Crippen LogP contribution in [0.5, 0.6) is 0 Å². The van der Waals surface area contributed by atoms with E-state index in [0.717, 1.165) is 42.7 Å². The van der Waals surface area contributed by atoms with Gasteiger partial charge in [0.1, 0.15) is 0 Å². The van der Waals surface area contributed by atoms with Crippen molar-refractivity contribution in [2.24, 2.45) is 0 Å². The zero-order valence-electron chi connectivity index (χ0n) is 12.7. The highest BCUT2D eigenvalue weighted by atomic mass is 35.5. The molecule has 0 aliphatic carbocycles. The lowest BCUT2D eigenvalue weighted by Gasteiger charge is -2.31. The molecule has 0 bridgehead atoms. The molecule has 1 aromatic rings. The number of rotatable bonds is 4. The summed E-state index contributed by atoms with van der Waals surface area (Å²) in [6.07, 6.45) is 2.72. The number of halogens is 1. The maximum Gasteiger partial charge on any atom is 0.321 e. The first-order valence-corrected chi connectivity index (χ1v) is 7.31. The van der Waals surface area contributed by atoms with Gasteiger partial charge in [0.25, 0.3) is 0 Å². The van der Waals surface area contributed by atoms with Gasteiger partial charge in [0.05, 0.1) is 6.54 Å². The van der Waals surface area contributed by atoms with Crippen molar-refractivity contribution in [3.05, 3.63) is 23.8 Å². The average molecular weight is 327 g/mol. The minimum absolute atomic E-state index is 0. The summed E-state index contributed by atoms with van der Waals surface area (Å²) < 4.78 is 0. The summed E-state index contributed by atoms with van der Waals surface area (Å²) in [4.78, 5) is 25.4. The average Bonchev–Trinajstić information content (AvgIpc) is 2.46. The molecule has 0 aromatic heterocycles. The zero-order valence-corrected chi connectivity index (χ0v) is 13.5. The van der Waals surface area contributed by atoms with E-state index in [4.69, 9.17) is 5.73 Å². The standard InChI is InChI=1S/C15H22N4O2.ClH/c1-2-8-17-15(21)18-14(20)10-19-9-4-5-11-12(16)6-3-7-13(11)19;/h3,6-7H,2,4-5,8-10,16H2,1H3,(H2,17,18,20,21);1H. The number of nitrogen functional groups attached to an aromatic ring is 1. The zero-order chi connectivity index (χ0) is 15.2. The van der Waals surface area contributed by atoms with Gasteiger partial charge in [-0.05, 0) is 37.0 Å². The van der Waals surface area contributed by atoms with Crippen LogP contribution in [0.3, 0.4) is 0 Å². The number of hydrogen-bond acceptors (Lipinski definition) is 4. The van der Waals surface area contributed by atoms with Crippen molar-refractivity contribution in [2.45, 2.75) is 26.2 Å². The van der Waals surface area contributed by atoms with Crippen LogP contribution < -0.4 is 21.3 Å². The minimum atomic E-state index is -0.438. The Morgan fingerprint density at radius 2 is 2.14 bits per heavy atom. The lowest BCUT2D eigenvalue weighted by Crippen LogP contribution is -2.45. The molecule has 0 unspecified atom stereocenters. The SMILES string of the molecule is CCCNC(=O)NC(=O)CN1CCCc2c(N)cccc21.Cl. The minimum Gasteiger partial charge on any atom is -0.398 e. The van der Waals surface area contributed by atoms with Crippen LogP contribution in [-0.4, -0.2) is 31.6 Å². The van der Waals surface area contributed by atoms with Crippen LogP contribution in [0.25, 0.3) is 0 Å². The summed E-state index contributed by atoms with van der Waals surface area (Å²) in [6.45, 7) is 3.47. The molecular formula is C15H23ClN4O2. The van der Waals surface area contributed by atoms with Crippen LogP contribution in [-0.2, 0) is 11.2 Å². The Kier molecular flexibility index (Phi) is 6.98. The van der Waals surface area contributed by atoms with Crippen molar-refractivity contribution in [1.29, 1.82) is 0 Å². The van der Waals surface area contributed by atoms with Crippen molar-refractivity contribution >= 4 is 35.7 Å². The first kappa shape index (κ1) is 18.1. The van der Waals surface area contributed by atoms with E-state index in [1.54, 1.807) is 0 Å². The molecule has 6 nitrogen and oxygen atoms in total. The summed E-state index contributed by atoms with van der Waals surface area (Å²) in [7, 11) is 0. The predicted octanol–water partition coefficient (Wildman–Crippen LogP) is 1.68. The first-order chi connectivity index (χ1) is 10.1. The Morgan fingerprint density at radius 3 is 2.86 bits per heavy atom. The number of anilines is 2. The summed E-state index contributed by atoms with van der Waals surface area (Å²) in [5.74, 6) is -0.307. The third-order valence-electron chi connectivity index (χ3n) is 3.51. The van der Waals surface area contributed by atoms with Gasteiger partial charge in [-0.15, -0.1) is 12.4 Å². The Labute approximate surface area is 136 Å². The van der Waals surface area contributed by atoms with Gasteiger partial charge in [-0.3, -0.25) is 10.1 Å². The number of amides is 3. The molecule has 122 valence electrons. The maximum absolute atomic E-state index is 11.9. The lowest BCUT2D eigenvalue weighted by atomic mass is 10.00. The fourth-order valence-electron chi connectivity index (χ4n) is 2.51. The number of fused-ring (bicyclic) bond motifs is 1. The number of benzene rings is 1. The summed E-state index contributed by atoms with van der Waals surface area (Å²) in [5, 5.41) is 4.96. The predicted molar refractivity (Wildman–Crippen MR) is 90.5 cm³/mol. The molecule has 0 atom stereocenters. The van der Waals surface area contributed by atoms with Crippen molar-refractivity contribution in [2.75, 3.05) is 30.3 Å². The van der Waals surface area contributed by atoms with E-state index >= 15 is 0 Å². The van der Waals surface area contributed by atoms with Crippen molar-refractivity contribution in [3.63, 3.8) is 0 Å². The van der Waals surface area contributed by atoms with Crippen molar-refractivity contribution in [3.8, 4) is 0 Å². The molecule has 4 N–H and O–H groups in total. The lowest BCUT2D eigenvalue weighted by molar-refractivity contribution is -0.118. The molecule has 0 saturated heterocycles. The van der Waals surface area contributed by atoms with Gasteiger partial charge in [-0.25, -0.2) is 4.79 Å². The Balaban J connectivity index is 0.00000242. The van der Waals surface area contributed by atoms with Gasteiger partial charge < -0.3 is 16.0 Å². The number of nitrogens with one attached hydrogen (secondary N) is 2. The van der Waals surface area contributed by atoms with E-state index in [9.17, 15) is 9.59 Å². The topological polar surface area (TPSA) is 87.5 Å². The highest BCUT2D eigenvalue weighted by molar-refractivity contribution is 5.96. The van der Waals surface area contributed by atoms with Gasteiger partial charge >= 0.3 is 6.03 Å². The third-order valence-corrected chi connectivity index (χ3v) is 3.51. The molecule has 2 rings (SSSR count). The fraction of sp³-hybridized carbons (Fsp3) is 0.467. The van der Waals surface area contributed by atoms with E-state index < -0.39 is 6.03 Å². The highest BCUT2D eigenvalue weighted by Crippen LogP contribution is 2.30. The number of urea groups is 1. The maximum atomic E-state index is 11.9. The molecular weight excluding hydrogens is 304 g/mol. The summed E-state index contributed by atoms with van der Waals surface area (Å²) in [5.41, 5.74) is 8.82. The quantitative estimate of drug-likeness (QED) is 0.735. The molecule has 1 aliphatic heterocycles. The highest BCUT2D eigenvalue weighted by Gasteiger charge is 2.21. The fourth-order valence-corrected chi connectivity index (χ4v) is 2.51. The molecule has 3 amide bonds. The Hall–Kier alpha value is -1.95. The molecule has 0 radical (unpaired) electrons. The number of carbonyl (C=O) groups excluding carboxylic acids is 2. The van der Waals surface area contributed by atoms with E-state index in [2.05, 4.69) is 10.6 Å². The van der Waals surface area contributed by atoms with E-state index in [-0.39, 0.29) is 24.9 Å².